The van der Waals surface area contributed by atoms with E-state index in [9.17, 15) is 0 Å². The van der Waals surface area contributed by atoms with E-state index in [-0.39, 0.29) is 24.8 Å². The Morgan fingerprint density at radius 1 is 0.667 bits per heavy atom. The summed E-state index contributed by atoms with van der Waals surface area (Å²) in [4.78, 5) is 16.5. The summed E-state index contributed by atoms with van der Waals surface area (Å²) in [6, 6.07) is 21.1. The van der Waals surface area contributed by atoms with Gasteiger partial charge in [0.1, 0.15) is 0 Å². The second-order valence-corrected chi connectivity index (χ2v) is 3.33. The van der Waals surface area contributed by atoms with Crippen molar-refractivity contribution in [3.05, 3.63) is 82.6 Å². The maximum absolute atomic E-state index is 8.24. The largest absolute Gasteiger partial charge is 0.724 e. The van der Waals surface area contributed by atoms with Gasteiger partial charge in [0, 0.05) is 0 Å². The van der Waals surface area contributed by atoms with Crippen LogP contribution in [0.15, 0.2) is 60.7 Å². The van der Waals surface area contributed by atoms with Gasteiger partial charge in [0.05, 0.1) is 24.8 Å². The smallest absolute Gasteiger partial charge is 0.0903 e. The minimum atomic E-state index is 0. The van der Waals surface area contributed by atoms with Crippen molar-refractivity contribution in [1.29, 1.82) is 0 Å². The first kappa shape index (κ1) is 23.8. The Morgan fingerprint density at radius 2 is 0.905 bits per heavy atom. The number of benzene rings is 2. The quantitative estimate of drug-likeness (QED) is 0.624. The molecule has 0 aliphatic rings. The minimum absolute atomic E-state index is 0. The summed E-state index contributed by atoms with van der Waals surface area (Å²) in [6.45, 7) is 0. The molecule has 0 aliphatic heterocycles. The Labute approximate surface area is 136 Å². The summed E-state index contributed by atoms with van der Waals surface area (Å²) in [5.41, 5.74) is 2.74. The SMILES string of the molecule is [ClH2+].[ClH2+].[N-]=C=O.[N-]=C=O.c1ccc(Cc2ccccc2)cc1. The number of nitrogens with zero attached hydrogens (tertiary/aromatic N) is 2. The lowest BCUT2D eigenvalue weighted by molar-refractivity contribution is -0.001000. The normalized spacial score (nSPS) is 6.86. The molecule has 0 aromatic heterocycles. The highest BCUT2D eigenvalue weighted by Gasteiger charge is 1.92. The molecule has 0 aliphatic carbocycles. The molecule has 21 heavy (non-hydrogen) atoms. The fourth-order valence-electron chi connectivity index (χ4n) is 1.43. The van der Waals surface area contributed by atoms with Gasteiger partial charge in [-0.2, -0.15) is 0 Å². The summed E-state index contributed by atoms with van der Waals surface area (Å²) >= 11 is 0. The monoisotopic (exact) mass is 326 g/mol. The average Bonchev–Trinajstić information content (AvgIpc) is 2.43. The fourth-order valence-corrected chi connectivity index (χ4v) is 1.43. The van der Waals surface area contributed by atoms with Crippen LogP contribution in [0.25, 0.3) is 10.8 Å². The number of hydrogen-bond donors (Lipinski definition) is 0. The summed E-state index contributed by atoms with van der Waals surface area (Å²) in [5, 5.41) is 13.5. The van der Waals surface area contributed by atoms with Crippen molar-refractivity contribution in [1.82, 2.24) is 0 Å². The number of rotatable bonds is 2. The lowest BCUT2D eigenvalue weighted by Crippen LogP contribution is -1.85. The third-order valence-corrected chi connectivity index (χ3v) is 2.09. The molecule has 0 saturated carbocycles. The van der Waals surface area contributed by atoms with E-state index in [1.807, 2.05) is 0 Å². The van der Waals surface area contributed by atoms with Gasteiger partial charge in [-0.1, -0.05) is 60.7 Å². The Hall–Kier alpha value is -2.22. The Kier molecular flexibility index (Phi) is 20.2. The molecule has 0 N–H and O–H groups in total. The average molecular weight is 327 g/mol. The molecular formula is C15H16Cl2N2O2. The van der Waals surface area contributed by atoms with E-state index in [0.29, 0.717) is 12.2 Å². The molecular weight excluding hydrogens is 311 g/mol. The van der Waals surface area contributed by atoms with Gasteiger partial charge in [0.2, 0.25) is 0 Å². The molecule has 112 valence electrons. The Bertz CT molecular complexity index is 472. The maximum Gasteiger partial charge on any atom is 0.0903 e. The van der Waals surface area contributed by atoms with Crippen LogP contribution in [0.2, 0.25) is 0 Å². The van der Waals surface area contributed by atoms with E-state index in [0.717, 1.165) is 6.42 Å². The van der Waals surface area contributed by atoms with Gasteiger partial charge < -0.3 is 10.8 Å². The van der Waals surface area contributed by atoms with E-state index in [2.05, 4.69) is 60.7 Å². The van der Waals surface area contributed by atoms with Gasteiger partial charge in [0.15, 0.2) is 0 Å². The van der Waals surface area contributed by atoms with Gasteiger partial charge in [-0.25, -0.2) is 0 Å². The van der Waals surface area contributed by atoms with Gasteiger partial charge >= 0.3 is 0 Å². The van der Waals surface area contributed by atoms with Gasteiger partial charge in [0.25, 0.3) is 0 Å². The van der Waals surface area contributed by atoms with Crippen molar-refractivity contribution in [2.45, 2.75) is 6.42 Å². The first-order valence-corrected chi connectivity index (χ1v) is 5.38. The van der Waals surface area contributed by atoms with Gasteiger partial charge in [-0.15, -0.1) is 0 Å². The zero-order chi connectivity index (χ0) is 14.3. The first-order chi connectivity index (χ1) is 9.28. The number of isocyanates is 2. The molecule has 0 fully saturated rings. The highest BCUT2D eigenvalue weighted by Crippen LogP contribution is 2.07. The van der Waals surface area contributed by atoms with Crippen molar-refractivity contribution in [2.24, 2.45) is 0 Å². The van der Waals surface area contributed by atoms with Crippen LogP contribution in [0.3, 0.4) is 0 Å². The van der Waals surface area contributed by atoms with Crippen LogP contribution in [0.1, 0.15) is 11.1 Å². The third kappa shape index (κ3) is 14.0. The molecule has 2 aromatic rings. The molecule has 0 atom stereocenters. The molecule has 2 rings (SSSR count). The lowest BCUT2D eigenvalue weighted by atomic mass is 10.1. The van der Waals surface area contributed by atoms with E-state index in [1.54, 1.807) is 0 Å². The van der Waals surface area contributed by atoms with E-state index < -0.39 is 0 Å². The highest BCUT2D eigenvalue weighted by molar-refractivity contribution is 5.37. The Morgan fingerprint density at radius 3 is 1.14 bits per heavy atom. The molecule has 0 spiro atoms. The van der Waals surface area contributed by atoms with Crippen LogP contribution in [0.5, 0.6) is 0 Å². The second kappa shape index (κ2) is 17.8. The molecule has 2 aromatic carbocycles. The van der Waals surface area contributed by atoms with Crippen molar-refractivity contribution in [3.8, 4) is 0 Å². The van der Waals surface area contributed by atoms with Crippen LogP contribution in [0, 0.1) is 24.8 Å². The van der Waals surface area contributed by atoms with Crippen LogP contribution >= 0.6 is 0 Å². The van der Waals surface area contributed by atoms with E-state index >= 15 is 0 Å². The number of carbonyl (C=O) groups excluding carboxylic acids is 2. The molecule has 6 heteroatoms. The summed E-state index contributed by atoms with van der Waals surface area (Å²) in [6.07, 6.45) is 2.03. The van der Waals surface area contributed by atoms with Crippen molar-refractivity contribution in [3.63, 3.8) is 0 Å². The van der Waals surface area contributed by atoms with Crippen LogP contribution in [0.4, 0.5) is 0 Å². The standard InChI is InChI=1S/C13H12.2CNO.2ClH2/c1-3-7-12(8-4-1)11-13-9-5-2-6-10-13;2*2-1-3;;/h1-10H,11H2;;;2*1H2/q;2*-1;2*+1. The predicted molar refractivity (Wildman–Crippen MR) is 79.4 cm³/mol. The van der Waals surface area contributed by atoms with Gasteiger partial charge in [-0.3, -0.25) is 9.59 Å². The predicted octanol–water partition coefficient (Wildman–Crippen LogP) is 1.99. The number of hydrogen-bond acceptors (Lipinski definition) is 2. The summed E-state index contributed by atoms with van der Waals surface area (Å²) < 4.78 is 0. The highest BCUT2D eigenvalue weighted by atomic mass is 35.5. The summed E-state index contributed by atoms with van der Waals surface area (Å²) in [7, 11) is 0. The molecule has 0 radical (unpaired) electrons. The zero-order valence-corrected chi connectivity index (χ0v) is 12.9. The summed E-state index contributed by atoms with van der Waals surface area (Å²) in [5.74, 6) is 0. The van der Waals surface area contributed by atoms with Crippen LogP contribution < -0.4 is 0 Å². The molecule has 0 saturated heterocycles. The van der Waals surface area contributed by atoms with Crippen molar-refractivity contribution < 1.29 is 34.4 Å². The molecule has 0 amide bonds. The van der Waals surface area contributed by atoms with E-state index in [1.165, 1.54) is 11.1 Å². The second-order valence-electron chi connectivity index (χ2n) is 3.33. The fraction of sp³-hybridized carbons (Fsp3) is 0.0667. The van der Waals surface area contributed by atoms with Crippen LogP contribution in [-0.4, -0.2) is 12.2 Å². The van der Waals surface area contributed by atoms with Crippen LogP contribution in [-0.2, 0) is 16.0 Å². The Balaban J connectivity index is -0.000000355. The molecule has 4 nitrogen and oxygen atoms in total. The lowest BCUT2D eigenvalue weighted by Gasteiger charge is -2.00. The third-order valence-electron chi connectivity index (χ3n) is 2.09. The van der Waals surface area contributed by atoms with Crippen molar-refractivity contribution >= 4 is 12.2 Å². The molecule has 0 heterocycles. The molecule has 0 unspecified atom stereocenters. The van der Waals surface area contributed by atoms with E-state index in [4.69, 9.17) is 20.4 Å². The van der Waals surface area contributed by atoms with Gasteiger partial charge in [-0.05, 0) is 29.7 Å². The first-order valence-electron chi connectivity index (χ1n) is 5.38. The molecule has 0 bridgehead atoms. The zero-order valence-electron chi connectivity index (χ0n) is 11.1. The topological polar surface area (TPSA) is 78.7 Å². The maximum atomic E-state index is 8.24. The number of halogens is 2. The minimum Gasteiger partial charge on any atom is -0.724 e. The van der Waals surface area contributed by atoms with Crippen molar-refractivity contribution in [2.75, 3.05) is 0 Å².